The van der Waals surface area contributed by atoms with Crippen LogP contribution in [0.25, 0.3) is 10.9 Å². The number of aliphatic hydroxyl groups excluding tert-OH is 3. The summed E-state index contributed by atoms with van der Waals surface area (Å²) >= 11 is 0. The summed E-state index contributed by atoms with van der Waals surface area (Å²) in [5, 5.41) is 37.4. The predicted molar refractivity (Wildman–Crippen MR) is 88.1 cm³/mol. The van der Waals surface area contributed by atoms with Gasteiger partial charge in [0.05, 0.1) is 36.6 Å². The molecule has 4 rings (SSSR count). The van der Waals surface area contributed by atoms with Gasteiger partial charge in [-0.25, -0.2) is 9.67 Å². The normalized spacial score (nSPS) is 25.8. The minimum Gasteiger partial charge on any atom is -0.394 e. The molecule has 1 aromatic carbocycles. The van der Waals surface area contributed by atoms with Crippen LogP contribution in [-0.2, 0) is 11.3 Å². The minimum atomic E-state index is -1.24. The van der Waals surface area contributed by atoms with Crippen LogP contribution in [0.15, 0.2) is 41.6 Å². The van der Waals surface area contributed by atoms with E-state index in [-0.39, 0.29) is 12.1 Å². The molecule has 0 unspecified atom stereocenters. The van der Waals surface area contributed by atoms with Gasteiger partial charge < -0.3 is 20.1 Å². The summed E-state index contributed by atoms with van der Waals surface area (Å²) in [6, 6.07) is 7.05. The van der Waals surface area contributed by atoms with E-state index in [0.29, 0.717) is 16.6 Å². The molecule has 0 aliphatic carbocycles. The highest BCUT2D eigenvalue weighted by molar-refractivity contribution is 5.76. The Morgan fingerprint density at radius 2 is 2.00 bits per heavy atom. The highest BCUT2D eigenvalue weighted by atomic mass is 16.6. The van der Waals surface area contributed by atoms with Crippen LogP contribution in [0.5, 0.6) is 0 Å². The molecule has 0 bridgehead atoms. The maximum atomic E-state index is 12.5. The smallest absolute Gasteiger partial charge is 0.261 e. The van der Waals surface area contributed by atoms with Crippen molar-refractivity contribution < 1.29 is 20.1 Å². The van der Waals surface area contributed by atoms with E-state index < -0.39 is 31.1 Å². The van der Waals surface area contributed by atoms with E-state index in [1.807, 2.05) is 6.07 Å². The molecule has 1 fully saturated rings. The van der Waals surface area contributed by atoms with Crippen LogP contribution in [0.4, 0.5) is 0 Å². The molecular weight excluding hydrogens is 342 g/mol. The highest BCUT2D eigenvalue weighted by Gasteiger charge is 2.43. The third-order valence-electron chi connectivity index (χ3n) is 4.40. The molecule has 4 atom stereocenters. The van der Waals surface area contributed by atoms with Crippen molar-refractivity contribution in [2.45, 2.75) is 31.1 Å². The van der Waals surface area contributed by atoms with Crippen LogP contribution in [0.1, 0.15) is 11.9 Å². The van der Waals surface area contributed by atoms with Crippen molar-refractivity contribution in [2.24, 2.45) is 0 Å². The molecule has 0 amide bonds. The largest absolute Gasteiger partial charge is 0.394 e. The van der Waals surface area contributed by atoms with Crippen molar-refractivity contribution in [3.63, 3.8) is 0 Å². The fourth-order valence-corrected chi connectivity index (χ4v) is 3.00. The van der Waals surface area contributed by atoms with Crippen molar-refractivity contribution in [3.8, 4) is 0 Å². The van der Waals surface area contributed by atoms with Gasteiger partial charge >= 0.3 is 0 Å². The first kappa shape index (κ1) is 16.8. The number of hydrogen-bond donors (Lipinski definition) is 3. The topological polar surface area (TPSA) is 136 Å². The van der Waals surface area contributed by atoms with E-state index in [1.165, 1.54) is 21.8 Å². The fraction of sp³-hybridized carbons (Fsp3) is 0.375. The molecule has 2 aromatic heterocycles. The molecular formula is C16H17N5O5. The zero-order valence-electron chi connectivity index (χ0n) is 13.6. The van der Waals surface area contributed by atoms with Gasteiger partial charge in [0.15, 0.2) is 6.23 Å². The summed E-state index contributed by atoms with van der Waals surface area (Å²) in [4.78, 5) is 16.8. The quantitative estimate of drug-likeness (QED) is 0.520. The van der Waals surface area contributed by atoms with Crippen LogP contribution in [0, 0.1) is 0 Å². The van der Waals surface area contributed by atoms with E-state index in [4.69, 9.17) is 9.84 Å². The molecule has 1 aliphatic rings. The van der Waals surface area contributed by atoms with E-state index in [0.717, 1.165) is 0 Å². The second kappa shape index (κ2) is 6.57. The lowest BCUT2D eigenvalue weighted by Crippen LogP contribution is -2.33. The summed E-state index contributed by atoms with van der Waals surface area (Å²) in [6.45, 7) is -0.278. The van der Waals surface area contributed by atoms with Gasteiger partial charge in [-0.15, -0.1) is 5.10 Å². The Kier molecular flexibility index (Phi) is 4.24. The molecule has 1 aliphatic heterocycles. The summed E-state index contributed by atoms with van der Waals surface area (Å²) in [6.07, 6.45) is -1.36. The zero-order chi connectivity index (χ0) is 18.3. The van der Waals surface area contributed by atoms with E-state index in [2.05, 4.69) is 15.3 Å². The molecule has 136 valence electrons. The summed E-state index contributed by atoms with van der Waals surface area (Å²) in [5.41, 5.74) is 0.879. The van der Waals surface area contributed by atoms with Crippen molar-refractivity contribution >= 4 is 10.9 Å². The molecule has 3 heterocycles. The Hall–Kier alpha value is -2.66. The zero-order valence-corrected chi connectivity index (χ0v) is 13.6. The Morgan fingerprint density at radius 1 is 1.19 bits per heavy atom. The number of benzene rings is 1. The van der Waals surface area contributed by atoms with E-state index >= 15 is 0 Å². The van der Waals surface area contributed by atoms with Crippen molar-refractivity contribution in [3.05, 3.63) is 52.8 Å². The minimum absolute atomic E-state index is 0.144. The first-order valence-electron chi connectivity index (χ1n) is 8.06. The number of para-hydroxylation sites is 1. The second-order valence-corrected chi connectivity index (χ2v) is 6.11. The van der Waals surface area contributed by atoms with E-state index in [1.54, 1.807) is 18.2 Å². The lowest BCUT2D eigenvalue weighted by Gasteiger charge is -2.13. The van der Waals surface area contributed by atoms with Gasteiger partial charge in [0.25, 0.3) is 5.56 Å². The lowest BCUT2D eigenvalue weighted by atomic mass is 10.1. The predicted octanol–water partition coefficient (Wildman–Crippen LogP) is -1.35. The van der Waals surface area contributed by atoms with Gasteiger partial charge in [-0.3, -0.25) is 9.36 Å². The molecule has 0 radical (unpaired) electrons. The number of ether oxygens (including phenoxy) is 1. The van der Waals surface area contributed by atoms with Crippen LogP contribution in [-0.4, -0.2) is 64.8 Å². The van der Waals surface area contributed by atoms with Crippen molar-refractivity contribution in [1.29, 1.82) is 0 Å². The Labute approximate surface area is 146 Å². The lowest BCUT2D eigenvalue weighted by molar-refractivity contribution is -0.0594. The number of fused-ring (bicyclic) bond motifs is 1. The second-order valence-electron chi connectivity index (χ2n) is 6.11. The molecule has 1 saturated heterocycles. The third-order valence-corrected chi connectivity index (χ3v) is 4.40. The first-order valence-corrected chi connectivity index (χ1v) is 8.06. The van der Waals surface area contributed by atoms with Gasteiger partial charge in [0, 0.05) is 0 Å². The van der Waals surface area contributed by atoms with Gasteiger partial charge in [-0.2, -0.15) is 0 Å². The molecule has 3 N–H and O–H groups in total. The Morgan fingerprint density at radius 3 is 2.77 bits per heavy atom. The average Bonchev–Trinajstić information content (AvgIpc) is 3.23. The molecule has 0 spiro atoms. The maximum absolute atomic E-state index is 12.5. The van der Waals surface area contributed by atoms with Crippen molar-refractivity contribution in [2.75, 3.05) is 6.61 Å². The van der Waals surface area contributed by atoms with Crippen LogP contribution in [0.3, 0.4) is 0 Å². The number of aromatic nitrogens is 5. The SMILES string of the molecule is O=c1c2ccccc2ncn1Cc1cn([C@@H]2O[C@H](CO)[C@@H](O)[C@H]2O)nn1. The maximum Gasteiger partial charge on any atom is 0.261 e. The van der Waals surface area contributed by atoms with Crippen LogP contribution in [0.2, 0.25) is 0 Å². The summed E-state index contributed by atoms with van der Waals surface area (Å²) < 4.78 is 8.07. The van der Waals surface area contributed by atoms with Gasteiger partial charge in [0.2, 0.25) is 0 Å². The number of aliphatic hydroxyl groups is 3. The molecule has 3 aromatic rings. The highest BCUT2D eigenvalue weighted by Crippen LogP contribution is 2.28. The van der Waals surface area contributed by atoms with Gasteiger partial charge in [-0.1, -0.05) is 17.3 Å². The van der Waals surface area contributed by atoms with Gasteiger partial charge in [-0.05, 0) is 12.1 Å². The third kappa shape index (κ3) is 2.78. The number of nitrogens with zero attached hydrogens (tertiary/aromatic N) is 5. The molecule has 26 heavy (non-hydrogen) atoms. The van der Waals surface area contributed by atoms with Crippen LogP contribution < -0.4 is 5.56 Å². The summed E-state index contributed by atoms with van der Waals surface area (Å²) in [5.74, 6) is 0. The summed E-state index contributed by atoms with van der Waals surface area (Å²) in [7, 11) is 0. The standard InChI is InChI=1S/C16H17N5O5/c22-7-12-13(23)14(24)16(26-12)21-6-9(18-19-21)5-20-8-17-11-4-2-1-3-10(11)15(20)25/h1-4,6,8,12-14,16,22-24H,5,7H2/t12-,13-,14-,16-/m1/s1. The monoisotopic (exact) mass is 359 g/mol. The first-order chi connectivity index (χ1) is 12.6. The van der Waals surface area contributed by atoms with Gasteiger partial charge in [0.1, 0.15) is 24.0 Å². The Bertz CT molecular complexity index is 986. The molecule has 10 heteroatoms. The van der Waals surface area contributed by atoms with Crippen LogP contribution >= 0.6 is 0 Å². The molecule has 10 nitrogen and oxygen atoms in total. The van der Waals surface area contributed by atoms with Crippen molar-refractivity contribution in [1.82, 2.24) is 24.5 Å². The fourth-order valence-electron chi connectivity index (χ4n) is 3.00. The average molecular weight is 359 g/mol. The number of rotatable bonds is 4. The molecule has 0 saturated carbocycles. The van der Waals surface area contributed by atoms with E-state index in [9.17, 15) is 15.0 Å². The number of hydrogen-bond acceptors (Lipinski definition) is 8. The Balaban J connectivity index is 1.58.